The minimum atomic E-state index is 0.391. The Hall–Kier alpha value is -1.00. The summed E-state index contributed by atoms with van der Waals surface area (Å²) in [6, 6.07) is 9.25. The molecule has 2 nitrogen and oxygen atoms in total. The number of benzene rings is 1. The first-order valence-corrected chi connectivity index (χ1v) is 9.72. The quantitative estimate of drug-likeness (QED) is 0.706. The number of nitrogens with zero attached hydrogens (tertiary/aromatic N) is 2. The fourth-order valence-corrected chi connectivity index (χ4v) is 5.20. The van der Waals surface area contributed by atoms with Gasteiger partial charge in [-0.1, -0.05) is 68.0 Å². The molecular formula is C19H24N2S2. The maximum atomic E-state index is 5.89. The zero-order chi connectivity index (χ0) is 15.8. The van der Waals surface area contributed by atoms with Crippen LogP contribution in [0.25, 0.3) is 0 Å². The van der Waals surface area contributed by atoms with Gasteiger partial charge in [0.25, 0.3) is 0 Å². The predicted octanol–water partition coefficient (Wildman–Crippen LogP) is 4.14. The molecule has 2 fully saturated rings. The highest BCUT2D eigenvalue weighted by molar-refractivity contribution is 7.80. The van der Waals surface area contributed by atoms with Gasteiger partial charge < -0.3 is 9.80 Å². The molecule has 23 heavy (non-hydrogen) atoms. The van der Waals surface area contributed by atoms with Crippen molar-refractivity contribution in [2.24, 2.45) is 5.92 Å². The zero-order valence-electron chi connectivity index (χ0n) is 13.5. The van der Waals surface area contributed by atoms with Crippen LogP contribution in [0.15, 0.2) is 24.3 Å². The average Bonchev–Trinajstić information content (AvgIpc) is 2.61. The summed E-state index contributed by atoms with van der Waals surface area (Å²) in [4.78, 5) is 7.11. The van der Waals surface area contributed by atoms with E-state index in [1.807, 2.05) is 0 Å². The van der Waals surface area contributed by atoms with E-state index in [-0.39, 0.29) is 0 Å². The van der Waals surface area contributed by atoms with E-state index in [1.54, 1.807) is 0 Å². The van der Waals surface area contributed by atoms with Crippen LogP contribution in [-0.4, -0.2) is 39.4 Å². The monoisotopic (exact) mass is 344 g/mol. The van der Waals surface area contributed by atoms with Gasteiger partial charge in [-0.25, -0.2) is 0 Å². The Kier molecular flexibility index (Phi) is 4.37. The average molecular weight is 345 g/mol. The van der Waals surface area contributed by atoms with E-state index < -0.39 is 0 Å². The molecule has 1 aromatic rings. The van der Waals surface area contributed by atoms with Crippen LogP contribution < -0.4 is 0 Å². The molecule has 4 heteroatoms. The molecule has 1 saturated carbocycles. The third-order valence-corrected chi connectivity index (χ3v) is 6.67. The minimum Gasteiger partial charge on any atom is -0.357 e. The van der Waals surface area contributed by atoms with Crippen LogP contribution in [0.1, 0.15) is 49.3 Å². The summed E-state index contributed by atoms with van der Waals surface area (Å²) in [5, 5.41) is 0. The number of piperazine rings is 1. The van der Waals surface area contributed by atoms with Crippen molar-refractivity contribution in [1.82, 2.24) is 9.80 Å². The molecule has 2 heterocycles. The van der Waals surface area contributed by atoms with Gasteiger partial charge in [-0.15, -0.1) is 0 Å². The Morgan fingerprint density at radius 1 is 1.09 bits per heavy atom. The van der Waals surface area contributed by atoms with E-state index in [1.165, 1.54) is 48.2 Å². The highest BCUT2D eigenvalue weighted by atomic mass is 32.1. The molecule has 2 aliphatic heterocycles. The van der Waals surface area contributed by atoms with Gasteiger partial charge in [-0.2, -0.15) is 0 Å². The van der Waals surface area contributed by atoms with Crippen molar-refractivity contribution in [2.45, 2.75) is 44.6 Å². The Bertz CT molecular complexity index is 622. The summed E-state index contributed by atoms with van der Waals surface area (Å²) in [5.41, 5.74) is 2.94. The van der Waals surface area contributed by atoms with Crippen LogP contribution in [0, 0.1) is 5.92 Å². The van der Waals surface area contributed by atoms with Crippen molar-refractivity contribution in [3.8, 4) is 0 Å². The first-order chi connectivity index (χ1) is 11.2. The van der Waals surface area contributed by atoms with Crippen LogP contribution in [0.3, 0.4) is 0 Å². The topological polar surface area (TPSA) is 6.48 Å². The van der Waals surface area contributed by atoms with Gasteiger partial charge in [0, 0.05) is 19.0 Å². The van der Waals surface area contributed by atoms with Crippen molar-refractivity contribution < 1.29 is 0 Å². The summed E-state index contributed by atoms with van der Waals surface area (Å²) in [5.74, 6) is 0.604. The SMILES string of the molecule is S=C(C1CCCCC1)N1CC(=S)N2CCc3ccccc3C2C1. The van der Waals surface area contributed by atoms with Crippen LogP contribution in [0.4, 0.5) is 0 Å². The number of hydrogen-bond donors (Lipinski definition) is 0. The molecule has 3 aliphatic rings. The van der Waals surface area contributed by atoms with Gasteiger partial charge in [0.05, 0.1) is 22.6 Å². The van der Waals surface area contributed by atoms with E-state index in [4.69, 9.17) is 24.4 Å². The molecule has 0 radical (unpaired) electrons. The number of hydrogen-bond acceptors (Lipinski definition) is 2. The van der Waals surface area contributed by atoms with Gasteiger partial charge >= 0.3 is 0 Å². The second-order valence-corrected chi connectivity index (χ2v) is 7.99. The highest BCUT2D eigenvalue weighted by Gasteiger charge is 2.36. The third-order valence-electron chi connectivity index (χ3n) is 5.72. The second-order valence-electron chi connectivity index (χ2n) is 7.11. The van der Waals surface area contributed by atoms with Gasteiger partial charge in [0.2, 0.25) is 0 Å². The van der Waals surface area contributed by atoms with Gasteiger partial charge in [0.1, 0.15) is 0 Å². The molecule has 1 saturated heterocycles. The molecular weight excluding hydrogens is 320 g/mol. The van der Waals surface area contributed by atoms with Crippen molar-refractivity contribution in [3.63, 3.8) is 0 Å². The molecule has 4 rings (SSSR count). The minimum absolute atomic E-state index is 0.391. The maximum Gasteiger partial charge on any atom is 0.0981 e. The van der Waals surface area contributed by atoms with Crippen molar-refractivity contribution in [2.75, 3.05) is 19.6 Å². The fourth-order valence-electron chi connectivity index (χ4n) is 4.45. The molecule has 0 amide bonds. The normalized spacial score (nSPS) is 25.0. The van der Waals surface area contributed by atoms with E-state index in [0.29, 0.717) is 12.0 Å². The van der Waals surface area contributed by atoms with E-state index >= 15 is 0 Å². The van der Waals surface area contributed by atoms with E-state index in [9.17, 15) is 0 Å². The predicted molar refractivity (Wildman–Crippen MR) is 103 cm³/mol. The summed E-state index contributed by atoms with van der Waals surface area (Å²) < 4.78 is 0. The Labute approximate surface area is 149 Å². The van der Waals surface area contributed by atoms with Gasteiger partial charge in [0.15, 0.2) is 0 Å². The largest absolute Gasteiger partial charge is 0.357 e. The lowest BCUT2D eigenvalue weighted by atomic mass is 9.87. The van der Waals surface area contributed by atoms with Gasteiger partial charge in [-0.3, -0.25) is 0 Å². The number of thiocarbonyl (C=S) groups is 2. The molecule has 0 N–H and O–H groups in total. The second kappa shape index (κ2) is 6.48. The lowest BCUT2D eigenvalue weighted by Crippen LogP contribution is -2.55. The van der Waals surface area contributed by atoms with Crippen LogP contribution in [-0.2, 0) is 6.42 Å². The Morgan fingerprint density at radius 3 is 2.70 bits per heavy atom. The van der Waals surface area contributed by atoms with E-state index in [0.717, 1.165) is 31.0 Å². The Balaban J connectivity index is 1.57. The molecule has 0 bridgehead atoms. The van der Waals surface area contributed by atoms with Gasteiger partial charge in [-0.05, 0) is 30.4 Å². The summed E-state index contributed by atoms with van der Waals surface area (Å²) in [6.45, 7) is 2.92. The smallest absolute Gasteiger partial charge is 0.0981 e. The van der Waals surface area contributed by atoms with Crippen molar-refractivity contribution in [1.29, 1.82) is 0 Å². The first kappa shape index (κ1) is 15.5. The molecule has 1 unspecified atom stereocenters. The maximum absolute atomic E-state index is 5.89. The lowest BCUT2D eigenvalue weighted by molar-refractivity contribution is 0.210. The molecule has 1 atom stereocenters. The number of rotatable bonds is 1. The summed E-state index contributed by atoms with van der Waals surface area (Å²) in [7, 11) is 0. The first-order valence-electron chi connectivity index (χ1n) is 8.90. The molecule has 1 aromatic carbocycles. The fraction of sp³-hybridized carbons (Fsp3) is 0.579. The van der Waals surface area contributed by atoms with Crippen LogP contribution in [0.2, 0.25) is 0 Å². The molecule has 122 valence electrons. The van der Waals surface area contributed by atoms with Crippen molar-refractivity contribution in [3.05, 3.63) is 35.4 Å². The standard InChI is InChI=1S/C19H24N2S2/c22-18-13-20(19(23)15-7-2-1-3-8-15)12-17-16-9-5-4-6-14(16)10-11-21(17)18/h4-6,9,15,17H,1-3,7-8,10-13H2. The van der Waals surface area contributed by atoms with Crippen LogP contribution in [0.5, 0.6) is 0 Å². The molecule has 0 spiro atoms. The lowest BCUT2D eigenvalue weighted by Gasteiger charge is -2.48. The Morgan fingerprint density at radius 2 is 1.87 bits per heavy atom. The zero-order valence-corrected chi connectivity index (χ0v) is 15.2. The highest BCUT2D eigenvalue weighted by Crippen LogP contribution is 2.35. The van der Waals surface area contributed by atoms with E-state index in [2.05, 4.69) is 34.1 Å². The summed E-state index contributed by atoms with van der Waals surface area (Å²) >= 11 is 11.6. The van der Waals surface area contributed by atoms with Crippen LogP contribution >= 0.6 is 24.4 Å². The third kappa shape index (κ3) is 2.91. The van der Waals surface area contributed by atoms with Crippen molar-refractivity contribution >= 4 is 34.4 Å². The molecule has 0 aromatic heterocycles. The molecule has 1 aliphatic carbocycles. The summed E-state index contributed by atoms with van der Waals surface area (Å²) in [6.07, 6.45) is 7.70. The number of fused-ring (bicyclic) bond motifs is 3.